The second-order valence-corrected chi connectivity index (χ2v) is 5.86. The normalized spacial score (nSPS) is 11.5. The first-order valence-electron chi connectivity index (χ1n) is 8.42. The zero-order valence-electron chi connectivity index (χ0n) is 15.2. The number of benzene rings is 2. The molecule has 10 heteroatoms. The van der Waals surface area contributed by atoms with Crippen molar-refractivity contribution in [3.05, 3.63) is 70.1 Å². The predicted octanol–water partition coefficient (Wildman–Crippen LogP) is 3.14. The van der Waals surface area contributed by atoms with E-state index in [4.69, 9.17) is 13.9 Å². The number of non-ortho nitro benzene ring substituents is 1. The first-order chi connectivity index (χ1) is 14.0. The van der Waals surface area contributed by atoms with Gasteiger partial charge in [0.25, 0.3) is 11.6 Å². The third-order valence-corrected chi connectivity index (χ3v) is 3.79. The minimum Gasteiger partial charge on any atom is -0.482 e. The van der Waals surface area contributed by atoms with E-state index in [1.807, 2.05) is 0 Å². The fourth-order valence-electron chi connectivity index (χ4n) is 2.31. The van der Waals surface area contributed by atoms with Crippen LogP contribution in [-0.2, 0) is 9.53 Å². The van der Waals surface area contributed by atoms with E-state index in [9.17, 15) is 19.7 Å². The van der Waals surface area contributed by atoms with Gasteiger partial charge in [-0.05, 0) is 43.3 Å². The van der Waals surface area contributed by atoms with Crippen LogP contribution >= 0.6 is 0 Å². The molecule has 10 nitrogen and oxygen atoms in total. The van der Waals surface area contributed by atoms with E-state index >= 15 is 0 Å². The van der Waals surface area contributed by atoms with E-state index in [2.05, 4.69) is 10.2 Å². The molecule has 3 rings (SSSR count). The van der Waals surface area contributed by atoms with Crippen LogP contribution in [-0.4, -0.2) is 34.0 Å². The van der Waals surface area contributed by atoms with Gasteiger partial charge in [0.1, 0.15) is 12.0 Å². The lowest BCUT2D eigenvalue weighted by molar-refractivity contribution is -0.384. The van der Waals surface area contributed by atoms with Crippen LogP contribution in [0.5, 0.6) is 5.75 Å². The van der Waals surface area contributed by atoms with Crippen LogP contribution < -0.4 is 4.74 Å². The van der Waals surface area contributed by atoms with Gasteiger partial charge in [-0.2, -0.15) is 0 Å². The highest BCUT2D eigenvalue weighted by molar-refractivity contribution is 5.75. The van der Waals surface area contributed by atoms with Gasteiger partial charge in [-0.15, -0.1) is 10.2 Å². The Morgan fingerprint density at radius 3 is 2.48 bits per heavy atom. The second kappa shape index (κ2) is 8.74. The van der Waals surface area contributed by atoms with Gasteiger partial charge in [-0.25, -0.2) is 4.79 Å². The van der Waals surface area contributed by atoms with E-state index in [-0.39, 0.29) is 24.1 Å². The first-order valence-corrected chi connectivity index (χ1v) is 8.42. The highest BCUT2D eigenvalue weighted by Crippen LogP contribution is 2.24. The van der Waals surface area contributed by atoms with Crippen molar-refractivity contribution in [2.45, 2.75) is 13.0 Å². The van der Waals surface area contributed by atoms with Gasteiger partial charge in [0.15, 0.2) is 12.7 Å². The summed E-state index contributed by atoms with van der Waals surface area (Å²) in [5.74, 6) is -0.0168. The maximum Gasteiger partial charge on any atom is 0.344 e. The van der Waals surface area contributed by atoms with Gasteiger partial charge >= 0.3 is 5.97 Å². The van der Waals surface area contributed by atoms with Gasteiger partial charge in [0.05, 0.1) is 4.92 Å². The summed E-state index contributed by atoms with van der Waals surface area (Å²) in [6.45, 7) is 1.22. The summed E-state index contributed by atoms with van der Waals surface area (Å²) in [6.07, 6.45) is -0.113. The Morgan fingerprint density at radius 1 is 1.17 bits per heavy atom. The Bertz CT molecular complexity index is 1010. The zero-order valence-corrected chi connectivity index (χ0v) is 15.2. The van der Waals surface area contributed by atoms with E-state index in [0.717, 1.165) is 0 Å². The molecule has 148 valence electrons. The molecule has 2 aromatic carbocycles. The number of hydrogen-bond donors (Lipinski definition) is 0. The second-order valence-electron chi connectivity index (χ2n) is 5.86. The number of aromatic nitrogens is 2. The van der Waals surface area contributed by atoms with E-state index in [1.54, 1.807) is 31.2 Å². The van der Waals surface area contributed by atoms with Crippen LogP contribution in [0.15, 0.2) is 52.9 Å². The first kappa shape index (κ1) is 19.7. The van der Waals surface area contributed by atoms with Crippen molar-refractivity contribution in [1.29, 1.82) is 0 Å². The quantitative estimate of drug-likeness (QED) is 0.243. The molecule has 1 heterocycles. The molecule has 0 aliphatic rings. The van der Waals surface area contributed by atoms with Gasteiger partial charge in [0, 0.05) is 23.3 Å². The van der Waals surface area contributed by atoms with Crippen LogP contribution in [0.4, 0.5) is 5.69 Å². The van der Waals surface area contributed by atoms with Crippen molar-refractivity contribution in [1.82, 2.24) is 10.2 Å². The Kier molecular flexibility index (Phi) is 5.93. The SMILES string of the molecule is C[C@@H](OC(=O)COc1ccc(C=O)cc1)c1nnc(-c2ccc([N+](=O)[O-])cc2)o1. The number of nitro groups is 1. The molecule has 1 atom stereocenters. The molecule has 0 saturated carbocycles. The number of hydrogen-bond acceptors (Lipinski definition) is 9. The molecule has 0 saturated heterocycles. The van der Waals surface area contributed by atoms with Crippen molar-refractivity contribution in [3.8, 4) is 17.2 Å². The third-order valence-electron chi connectivity index (χ3n) is 3.79. The molecule has 0 unspecified atom stereocenters. The molecule has 0 bridgehead atoms. The van der Waals surface area contributed by atoms with Crippen molar-refractivity contribution in [2.24, 2.45) is 0 Å². The summed E-state index contributed by atoms with van der Waals surface area (Å²) in [5.41, 5.74) is 0.931. The maximum absolute atomic E-state index is 11.9. The number of carbonyl (C=O) groups excluding carboxylic acids is 2. The molecule has 1 aromatic heterocycles. The van der Waals surface area contributed by atoms with Crippen LogP contribution in [0.1, 0.15) is 29.3 Å². The summed E-state index contributed by atoms with van der Waals surface area (Å²) in [5, 5.41) is 18.4. The standard InChI is InChI=1S/C19H15N3O7/c1-12(28-17(24)11-27-16-8-2-13(10-23)3-9-16)18-20-21-19(29-18)14-4-6-15(7-5-14)22(25)26/h2-10,12H,11H2,1H3/t12-/m1/s1. The molecular formula is C19H15N3O7. The number of nitro benzene ring substituents is 1. The smallest absolute Gasteiger partial charge is 0.344 e. The number of rotatable bonds is 8. The Morgan fingerprint density at radius 2 is 1.86 bits per heavy atom. The maximum atomic E-state index is 11.9. The van der Waals surface area contributed by atoms with Gasteiger partial charge in [0.2, 0.25) is 5.89 Å². The lowest BCUT2D eigenvalue weighted by Crippen LogP contribution is -2.17. The number of ether oxygens (including phenoxy) is 2. The fraction of sp³-hybridized carbons (Fsp3) is 0.158. The molecule has 0 aliphatic heterocycles. The summed E-state index contributed by atoms with van der Waals surface area (Å²) >= 11 is 0. The van der Waals surface area contributed by atoms with Gasteiger partial charge < -0.3 is 13.9 Å². The zero-order chi connectivity index (χ0) is 20.8. The van der Waals surface area contributed by atoms with Crippen molar-refractivity contribution in [3.63, 3.8) is 0 Å². The molecule has 0 spiro atoms. The lowest BCUT2D eigenvalue weighted by Gasteiger charge is -2.10. The summed E-state index contributed by atoms with van der Waals surface area (Å²) in [7, 11) is 0. The van der Waals surface area contributed by atoms with E-state index in [0.29, 0.717) is 23.2 Å². The molecule has 29 heavy (non-hydrogen) atoms. The molecule has 3 aromatic rings. The number of esters is 1. The predicted molar refractivity (Wildman–Crippen MR) is 98.2 cm³/mol. The lowest BCUT2D eigenvalue weighted by atomic mass is 10.2. The molecule has 0 aliphatic carbocycles. The largest absolute Gasteiger partial charge is 0.482 e. The summed E-state index contributed by atoms with van der Waals surface area (Å²) in [4.78, 5) is 32.7. The van der Waals surface area contributed by atoms with Crippen LogP contribution in [0, 0.1) is 10.1 Å². The topological polar surface area (TPSA) is 135 Å². The molecule has 0 radical (unpaired) electrons. The molecular weight excluding hydrogens is 382 g/mol. The highest BCUT2D eigenvalue weighted by atomic mass is 16.6. The Balaban J connectivity index is 1.56. The molecule has 0 amide bonds. The number of nitrogens with zero attached hydrogens (tertiary/aromatic N) is 3. The third kappa shape index (κ3) is 5.01. The fourth-order valence-corrected chi connectivity index (χ4v) is 2.31. The monoisotopic (exact) mass is 397 g/mol. The summed E-state index contributed by atoms with van der Waals surface area (Å²) < 4.78 is 16.0. The average Bonchev–Trinajstić information content (AvgIpc) is 3.23. The molecule has 0 N–H and O–H groups in total. The summed E-state index contributed by atoms with van der Waals surface area (Å²) in [6, 6.07) is 11.9. The molecule has 0 fully saturated rings. The Hall–Kier alpha value is -4.08. The number of carbonyl (C=O) groups is 2. The van der Waals surface area contributed by atoms with Crippen LogP contribution in [0.25, 0.3) is 11.5 Å². The van der Waals surface area contributed by atoms with Gasteiger partial charge in [-0.3, -0.25) is 14.9 Å². The van der Waals surface area contributed by atoms with E-state index in [1.165, 1.54) is 24.3 Å². The number of aldehydes is 1. The van der Waals surface area contributed by atoms with Crippen molar-refractivity contribution < 1.29 is 28.4 Å². The Labute approximate surface area is 164 Å². The highest BCUT2D eigenvalue weighted by Gasteiger charge is 2.19. The minimum atomic E-state index is -0.817. The minimum absolute atomic E-state index is 0.0587. The van der Waals surface area contributed by atoms with Crippen LogP contribution in [0.2, 0.25) is 0 Å². The van der Waals surface area contributed by atoms with Crippen molar-refractivity contribution in [2.75, 3.05) is 6.61 Å². The average molecular weight is 397 g/mol. The van der Waals surface area contributed by atoms with Crippen molar-refractivity contribution >= 4 is 17.9 Å². The van der Waals surface area contributed by atoms with Crippen LogP contribution in [0.3, 0.4) is 0 Å². The van der Waals surface area contributed by atoms with Gasteiger partial charge in [-0.1, -0.05) is 0 Å². The van der Waals surface area contributed by atoms with E-state index < -0.39 is 17.0 Å².